The van der Waals surface area contributed by atoms with Crippen molar-refractivity contribution in [1.82, 2.24) is 9.88 Å². The molecule has 3 aliphatic heterocycles. The van der Waals surface area contributed by atoms with E-state index in [9.17, 15) is 10.1 Å². The quantitative estimate of drug-likeness (QED) is 0.548. The van der Waals surface area contributed by atoms with Gasteiger partial charge in [0.05, 0.1) is 29.9 Å². The van der Waals surface area contributed by atoms with Gasteiger partial charge in [0.25, 0.3) is 5.69 Å². The first kappa shape index (κ1) is 19.3. The van der Waals surface area contributed by atoms with Crippen LogP contribution in [-0.2, 0) is 4.74 Å². The van der Waals surface area contributed by atoms with Crippen molar-refractivity contribution in [2.24, 2.45) is 4.99 Å². The van der Waals surface area contributed by atoms with Crippen molar-refractivity contribution in [2.45, 2.75) is 24.3 Å². The molecule has 0 amide bonds. The number of amidine groups is 1. The molecule has 4 heterocycles. The number of nitro benzene ring substituents is 1. The van der Waals surface area contributed by atoms with Crippen molar-refractivity contribution in [3.63, 3.8) is 0 Å². The summed E-state index contributed by atoms with van der Waals surface area (Å²) in [6, 6.07) is 11.2. The number of pyridine rings is 1. The highest BCUT2D eigenvalue weighted by atomic mass is 32.2. The maximum atomic E-state index is 12.0. The van der Waals surface area contributed by atoms with E-state index in [0.29, 0.717) is 37.2 Å². The molecule has 0 aliphatic carbocycles. The Morgan fingerprint density at radius 1 is 1.23 bits per heavy atom. The number of aromatic nitrogens is 1. The maximum absolute atomic E-state index is 12.0. The first-order chi connectivity index (χ1) is 14.6. The standard InChI is InChI=1S/C21H23N5O3S/c1-14-13-25-20(19(23-21(25)30-14)16-4-2-3-7-22-16)15-5-6-17(18(12-15)26(27)28)24-8-10-29-11-9-24/h2-7,12,14,19-20H,8-11,13H2,1H3/t14-,19+,20+/m1/s1. The summed E-state index contributed by atoms with van der Waals surface area (Å²) in [5.74, 6) is 0. The van der Waals surface area contributed by atoms with Gasteiger partial charge in [0.15, 0.2) is 5.17 Å². The van der Waals surface area contributed by atoms with Crippen LogP contribution in [0.2, 0.25) is 0 Å². The number of fused-ring (bicyclic) bond motifs is 1. The first-order valence-electron chi connectivity index (χ1n) is 10.1. The molecule has 30 heavy (non-hydrogen) atoms. The summed E-state index contributed by atoms with van der Waals surface area (Å²) in [4.78, 5) is 25.5. The molecule has 3 atom stereocenters. The van der Waals surface area contributed by atoms with Crippen LogP contribution in [-0.4, -0.2) is 58.1 Å². The van der Waals surface area contributed by atoms with E-state index in [0.717, 1.165) is 23.0 Å². The molecule has 0 radical (unpaired) electrons. The van der Waals surface area contributed by atoms with Gasteiger partial charge >= 0.3 is 0 Å². The number of benzene rings is 1. The fraction of sp³-hybridized carbons (Fsp3) is 0.429. The number of nitro groups is 1. The molecule has 8 nitrogen and oxygen atoms in total. The second-order valence-electron chi connectivity index (χ2n) is 7.74. The monoisotopic (exact) mass is 425 g/mol. The predicted octanol–water partition coefficient (Wildman–Crippen LogP) is 3.42. The Labute approximate surface area is 179 Å². The maximum Gasteiger partial charge on any atom is 0.292 e. The highest BCUT2D eigenvalue weighted by Crippen LogP contribution is 2.48. The minimum Gasteiger partial charge on any atom is -0.378 e. The molecule has 0 N–H and O–H groups in total. The molecule has 5 rings (SSSR count). The Balaban J connectivity index is 1.55. The molecule has 9 heteroatoms. The number of rotatable bonds is 4. The summed E-state index contributed by atoms with van der Waals surface area (Å²) in [5, 5.41) is 13.4. The minimum atomic E-state index is -0.276. The van der Waals surface area contributed by atoms with Crippen molar-refractivity contribution < 1.29 is 9.66 Å². The fourth-order valence-corrected chi connectivity index (χ4v) is 5.51. The number of ether oxygens (including phenoxy) is 1. The molecular weight excluding hydrogens is 402 g/mol. The zero-order valence-electron chi connectivity index (χ0n) is 16.7. The molecule has 1 aromatic heterocycles. The van der Waals surface area contributed by atoms with E-state index in [1.165, 1.54) is 0 Å². The number of morpholine rings is 1. The highest BCUT2D eigenvalue weighted by molar-refractivity contribution is 8.14. The molecule has 3 aliphatic rings. The topological polar surface area (TPSA) is 84.1 Å². The number of thioether (sulfide) groups is 1. The van der Waals surface area contributed by atoms with Crippen LogP contribution in [0.25, 0.3) is 0 Å². The molecule has 0 saturated carbocycles. The van der Waals surface area contributed by atoms with Crippen LogP contribution in [0.1, 0.15) is 30.3 Å². The number of nitrogens with zero attached hydrogens (tertiary/aromatic N) is 5. The number of hydrogen-bond acceptors (Lipinski definition) is 8. The van der Waals surface area contributed by atoms with Crippen LogP contribution in [0.4, 0.5) is 11.4 Å². The van der Waals surface area contributed by atoms with E-state index in [-0.39, 0.29) is 22.7 Å². The van der Waals surface area contributed by atoms with Crippen molar-refractivity contribution in [1.29, 1.82) is 0 Å². The van der Waals surface area contributed by atoms with Gasteiger partial charge in [-0.15, -0.1) is 0 Å². The summed E-state index contributed by atoms with van der Waals surface area (Å²) < 4.78 is 5.40. The van der Waals surface area contributed by atoms with Crippen LogP contribution in [0, 0.1) is 10.1 Å². The number of anilines is 1. The third kappa shape index (κ3) is 3.41. The first-order valence-corrected chi connectivity index (χ1v) is 11.0. The molecule has 1 aromatic carbocycles. The summed E-state index contributed by atoms with van der Waals surface area (Å²) in [6.07, 6.45) is 1.77. The van der Waals surface area contributed by atoms with Crippen molar-refractivity contribution >= 4 is 28.3 Å². The molecule has 156 valence electrons. The lowest BCUT2D eigenvalue weighted by atomic mass is 9.95. The van der Waals surface area contributed by atoms with Gasteiger partial charge in [-0.2, -0.15) is 0 Å². The highest BCUT2D eigenvalue weighted by Gasteiger charge is 2.44. The Kier molecular flexibility index (Phi) is 5.08. The zero-order valence-corrected chi connectivity index (χ0v) is 17.5. The predicted molar refractivity (Wildman–Crippen MR) is 117 cm³/mol. The van der Waals surface area contributed by atoms with Crippen LogP contribution in [0.3, 0.4) is 0 Å². The van der Waals surface area contributed by atoms with Gasteiger partial charge in [0.2, 0.25) is 0 Å². The average molecular weight is 426 g/mol. The third-order valence-electron chi connectivity index (χ3n) is 5.77. The Bertz CT molecular complexity index is 980. The van der Waals surface area contributed by atoms with E-state index in [1.807, 2.05) is 35.2 Å². The Morgan fingerprint density at radius 3 is 2.80 bits per heavy atom. The van der Waals surface area contributed by atoms with Gasteiger partial charge in [0, 0.05) is 37.1 Å². The molecule has 2 saturated heterocycles. The Hall–Kier alpha value is -2.65. The molecule has 2 aromatic rings. The van der Waals surface area contributed by atoms with Crippen molar-refractivity contribution in [3.05, 3.63) is 64.0 Å². The third-order valence-corrected chi connectivity index (χ3v) is 6.87. The largest absolute Gasteiger partial charge is 0.378 e. The molecule has 0 unspecified atom stereocenters. The summed E-state index contributed by atoms with van der Waals surface area (Å²) in [5.41, 5.74) is 2.59. The van der Waals surface area contributed by atoms with E-state index in [2.05, 4.69) is 16.8 Å². The molecule has 0 spiro atoms. The van der Waals surface area contributed by atoms with E-state index < -0.39 is 0 Å². The van der Waals surface area contributed by atoms with E-state index >= 15 is 0 Å². The SMILES string of the molecule is C[C@@H]1CN2C(=N[C@@H](c3ccccn3)[C@@H]2c2ccc(N3CCOCC3)c([N+](=O)[O-])c2)S1. The van der Waals surface area contributed by atoms with Crippen molar-refractivity contribution in [2.75, 3.05) is 37.7 Å². The normalized spacial score (nSPS) is 25.9. The van der Waals surface area contributed by atoms with Gasteiger partial charge in [-0.25, -0.2) is 0 Å². The second-order valence-corrected chi connectivity index (χ2v) is 9.15. The average Bonchev–Trinajstić information content (AvgIpc) is 3.30. The number of hydrogen-bond donors (Lipinski definition) is 0. The molecular formula is C21H23N5O3S. The summed E-state index contributed by atoms with van der Waals surface area (Å²) >= 11 is 1.76. The lowest BCUT2D eigenvalue weighted by Gasteiger charge is -2.30. The summed E-state index contributed by atoms with van der Waals surface area (Å²) in [6.45, 7) is 5.55. The smallest absolute Gasteiger partial charge is 0.292 e. The van der Waals surface area contributed by atoms with Crippen molar-refractivity contribution in [3.8, 4) is 0 Å². The van der Waals surface area contributed by atoms with Gasteiger partial charge in [-0.3, -0.25) is 20.1 Å². The minimum absolute atomic E-state index is 0.0928. The Morgan fingerprint density at radius 2 is 2.07 bits per heavy atom. The van der Waals surface area contributed by atoms with Gasteiger partial charge in [-0.1, -0.05) is 30.8 Å². The van der Waals surface area contributed by atoms with Gasteiger partial charge < -0.3 is 14.5 Å². The fourth-order valence-electron chi connectivity index (χ4n) is 4.42. The van der Waals surface area contributed by atoms with Gasteiger partial charge in [0.1, 0.15) is 11.7 Å². The molecule has 0 bridgehead atoms. The van der Waals surface area contributed by atoms with Gasteiger partial charge in [-0.05, 0) is 23.8 Å². The molecule has 2 fully saturated rings. The van der Waals surface area contributed by atoms with Crippen LogP contribution < -0.4 is 4.90 Å². The van der Waals surface area contributed by atoms with Crippen LogP contribution in [0.5, 0.6) is 0 Å². The summed E-state index contributed by atoms with van der Waals surface area (Å²) in [7, 11) is 0. The van der Waals surface area contributed by atoms with E-state index in [1.54, 1.807) is 24.0 Å². The van der Waals surface area contributed by atoms with E-state index in [4.69, 9.17) is 9.73 Å². The van der Waals surface area contributed by atoms with Crippen LogP contribution >= 0.6 is 11.8 Å². The van der Waals surface area contributed by atoms with Crippen LogP contribution in [0.15, 0.2) is 47.6 Å². The zero-order chi connectivity index (χ0) is 20.7. The lowest BCUT2D eigenvalue weighted by molar-refractivity contribution is -0.384. The number of aliphatic imine (C=N–C) groups is 1. The second kappa shape index (κ2) is 7.88. The lowest BCUT2D eigenvalue weighted by Crippen LogP contribution is -2.36.